The molecule has 0 aliphatic rings. The topological polar surface area (TPSA) is 122 Å². The molecule has 0 aromatic rings. The van der Waals surface area contributed by atoms with Crippen LogP contribution in [-0.4, -0.2) is 21.9 Å². The van der Waals surface area contributed by atoms with E-state index in [-0.39, 0.29) is 77.3 Å². The summed E-state index contributed by atoms with van der Waals surface area (Å²) in [6.07, 6.45) is 0. The van der Waals surface area contributed by atoms with E-state index in [4.69, 9.17) is 0 Å². The third kappa shape index (κ3) is 44.7. The van der Waals surface area contributed by atoms with Crippen LogP contribution in [0, 0.1) is 36.9 Å². The average Bonchev–Trinajstić information content (AvgIpc) is 0. The first-order chi connectivity index (χ1) is 0. The minimum Gasteiger partial charge on any atom is -0.870 e. The molecule has 0 saturated carbocycles. The fourth-order valence-corrected chi connectivity index (χ4v) is 0. The predicted molar refractivity (Wildman–Crippen MR) is 9.42 cm³/mol. The van der Waals surface area contributed by atoms with Crippen LogP contribution >= 0.6 is 0 Å². The van der Waals surface area contributed by atoms with Crippen LogP contribution in [-0.2, 0) is 18.6 Å². The Balaban J connectivity index is 0. The molecule has 0 aliphatic heterocycles. The van der Waals surface area contributed by atoms with Gasteiger partial charge in [-0.1, -0.05) is 0 Å². The van der Waals surface area contributed by atoms with Gasteiger partial charge in [-0.2, -0.15) is 0 Å². The molecule has 0 heterocycles. The van der Waals surface area contributed by atoms with Crippen LogP contribution in [0.2, 0.25) is 0 Å². The molecule has 0 atom stereocenters. The van der Waals surface area contributed by atoms with Crippen LogP contribution < -0.4 is 0 Å². The van der Waals surface area contributed by atoms with E-state index in [2.05, 4.69) is 0 Å². The van der Waals surface area contributed by atoms with E-state index < -0.39 is 0 Å². The van der Waals surface area contributed by atoms with E-state index in [9.17, 15) is 0 Å². The zero-order chi connectivity index (χ0) is 0. The van der Waals surface area contributed by atoms with Crippen LogP contribution in [0.15, 0.2) is 0 Å². The summed E-state index contributed by atoms with van der Waals surface area (Å²) in [7, 11) is 0. The SMILES string of the molecule is O.[OH-].[OH-].[OH-].[Tm+3].[V]. The summed E-state index contributed by atoms with van der Waals surface area (Å²) in [6, 6.07) is 0. The zero-order valence-corrected chi connectivity index (χ0v) is 5.74. The molecule has 0 rings (SSSR count). The first kappa shape index (κ1) is 123. The van der Waals surface area contributed by atoms with Crippen molar-refractivity contribution in [3.8, 4) is 0 Å². The molecule has 0 saturated heterocycles. The Morgan fingerprint density at radius 1 is 0.667 bits per heavy atom. The third-order valence-electron chi connectivity index (χ3n) is 0. The number of hydrogen-bond acceptors (Lipinski definition) is 3. The zero-order valence-electron chi connectivity index (χ0n) is 2.57. The van der Waals surface area contributed by atoms with Crippen LogP contribution in [0.25, 0.3) is 0 Å². The number of rotatable bonds is 0. The van der Waals surface area contributed by atoms with E-state index in [1.165, 1.54) is 0 Å². The van der Waals surface area contributed by atoms with Gasteiger partial charge >= 0.3 is 36.9 Å². The van der Waals surface area contributed by atoms with Crippen molar-refractivity contribution in [2.24, 2.45) is 0 Å². The molecule has 5 N–H and O–H groups in total. The molecule has 0 unspecified atom stereocenters. The van der Waals surface area contributed by atoms with E-state index in [1.807, 2.05) is 0 Å². The summed E-state index contributed by atoms with van der Waals surface area (Å²) in [6.45, 7) is 0. The third-order valence-corrected chi connectivity index (χ3v) is 0. The molecule has 0 aromatic carbocycles. The molecular formula is H5O4TmV. The summed E-state index contributed by atoms with van der Waals surface area (Å²) >= 11 is 0. The van der Waals surface area contributed by atoms with Gasteiger partial charge in [0, 0.05) is 18.6 Å². The average molecular weight is 289 g/mol. The van der Waals surface area contributed by atoms with Gasteiger partial charge in [0.05, 0.1) is 0 Å². The van der Waals surface area contributed by atoms with Crippen molar-refractivity contribution in [2.75, 3.05) is 0 Å². The van der Waals surface area contributed by atoms with Gasteiger partial charge in [0.25, 0.3) is 0 Å². The summed E-state index contributed by atoms with van der Waals surface area (Å²) in [4.78, 5) is 0. The maximum absolute atomic E-state index is 0. The normalized spacial score (nSPS) is 0. The standard InChI is InChI=1S/4H2O.Tm.V/h4*1H2;;/q;;;;+3;/p-3. The van der Waals surface area contributed by atoms with Gasteiger partial charge in [0.1, 0.15) is 0 Å². The molecule has 0 aromatic heterocycles. The quantitative estimate of drug-likeness (QED) is 0.547. The maximum atomic E-state index is 0. The van der Waals surface area contributed by atoms with Gasteiger partial charge in [-0.15, -0.1) is 0 Å². The first-order valence-electron chi connectivity index (χ1n) is 0. The van der Waals surface area contributed by atoms with E-state index in [0.717, 1.165) is 0 Å². The van der Waals surface area contributed by atoms with Crippen molar-refractivity contribution in [1.82, 2.24) is 0 Å². The molecule has 0 bridgehead atoms. The van der Waals surface area contributed by atoms with Gasteiger partial charge in [0.2, 0.25) is 0 Å². The fourth-order valence-electron chi connectivity index (χ4n) is 0. The molecule has 0 spiro atoms. The Bertz CT molecular complexity index is 7.51. The van der Waals surface area contributed by atoms with Gasteiger partial charge in [-0.3, -0.25) is 0 Å². The monoisotopic (exact) mass is 289 g/mol. The van der Waals surface area contributed by atoms with E-state index in [0.29, 0.717) is 0 Å². The molecular weight excluding hydrogens is 284 g/mol. The Hall–Kier alpha value is 1.66. The molecule has 4 nitrogen and oxygen atoms in total. The van der Waals surface area contributed by atoms with Crippen molar-refractivity contribution >= 4 is 0 Å². The smallest absolute Gasteiger partial charge is 0.870 e. The second-order valence-corrected chi connectivity index (χ2v) is 0. The number of hydrogen-bond donors (Lipinski definition) is 0. The van der Waals surface area contributed by atoms with Crippen LogP contribution in [0.4, 0.5) is 0 Å². The minimum absolute atomic E-state index is 0. The van der Waals surface area contributed by atoms with Crippen molar-refractivity contribution in [1.29, 1.82) is 0 Å². The summed E-state index contributed by atoms with van der Waals surface area (Å²) < 4.78 is 0. The molecule has 0 aliphatic carbocycles. The second-order valence-electron chi connectivity index (χ2n) is 0. The van der Waals surface area contributed by atoms with Gasteiger partial charge in [-0.25, -0.2) is 0 Å². The molecule has 1 radical (unpaired) electrons. The van der Waals surface area contributed by atoms with Crippen molar-refractivity contribution < 1.29 is 77.3 Å². The Labute approximate surface area is 76.6 Å². The largest absolute Gasteiger partial charge is 3.00 e. The Morgan fingerprint density at radius 2 is 0.667 bits per heavy atom. The molecule has 6 heavy (non-hydrogen) atoms. The van der Waals surface area contributed by atoms with Crippen molar-refractivity contribution in [3.05, 3.63) is 0 Å². The second kappa shape index (κ2) is 77.5. The Morgan fingerprint density at radius 3 is 0.667 bits per heavy atom. The summed E-state index contributed by atoms with van der Waals surface area (Å²) in [5.74, 6) is 0. The minimum atomic E-state index is 0. The summed E-state index contributed by atoms with van der Waals surface area (Å²) in [5.41, 5.74) is 0. The maximum Gasteiger partial charge on any atom is 3.00 e. The fraction of sp³-hybridized carbons (Fsp3) is 0. The van der Waals surface area contributed by atoms with Gasteiger partial charge in [-0.05, 0) is 0 Å². The summed E-state index contributed by atoms with van der Waals surface area (Å²) in [5, 5.41) is 0. The first-order valence-corrected chi connectivity index (χ1v) is 0. The molecule has 0 fully saturated rings. The van der Waals surface area contributed by atoms with Crippen LogP contribution in [0.3, 0.4) is 0 Å². The van der Waals surface area contributed by atoms with Crippen molar-refractivity contribution in [2.45, 2.75) is 0 Å². The van der Waals surface area contributed by atoms with Gasteiger partial charge in [0.15, 0.2) is 0 Å². The molecule has 47 valence electrons. The molecule has 6 heteroatoms. The van der Waals surface area contributed by atoms with E-state index in [1.54, 1.807) is 0 Å². The van der Waals surface area contributed by atoms with Crippen LogP contribution in [0.5, 0.6) is 0 Å². The molecule has 0 amide bonds. The van der Waals surface area contributed by atoms with Crippen LogP contribution in [0.1, 0.15) is 0 Å². The van der Waals surface area contributed by atoms with Gasteiger partial charge < -0.3 is 21.9 Å². The predicted octanol–water partition coefficient (Wildman–Crippen LogP) is -1.36. The van der Waals surface area contributed by atoms with Crippen molar-refractivity contribution in [3.63, 3.8) is 0 Å². The van der Waals surface area contributed by atoms with E-state index >= 15 is 0 Å². The Kier molecular flexibility index (Phi) is 1600.